The van der Waals surface area contributed by atoms with Crippen LogP contribution >= 0.6 is 35.0 Å². The molecular weight excluding hydrogens is 391 g/mol. The van der Waals surface area contributed by atoms with Crippen molar-refractivity contribution in [2.24, 2.45) is 0 Å². The van der Waals surface area contributed by atoms with Crippen molar-refractivity contribution in [3.05, 3.63) is 52.5 Å². The summed E-state index contributed by atoms with van der Waals surface area (Å²) in [5.41, 5.74) is 1.32. The van der Waals surface area contributed by atoms with Crippen molar-refractivity contribution in [3.63, 3.8) is 0 Å². The second-order valence-corrected chi connectivity index (χ2v) is 7.07. The largest absolute Gasteiger partial charge is 0.370 e. The Balaban J connectivity index is 1.73. The van der Waals surface area contributed by atoms with Crippen molar-refractivity contribution in [2.45, 2.75) is 12.1 Å². The molecule has 0 fully saturated rings. The number of amides is 1. The van der Waals surface area contributed by atoms with Gasteiger partial charge in [0.05, 0.1) is 27.0 Å². The molecule has 1 amide bonds. The second-order valence-electron chi connectivity index (χ2n) is 5.34. The lowest BCUT2D eigenvalue weighted by Gasteiger charge is -2.10. The molecule has 0 aliphatic heterocycles. The maximum absolute atomic E-state index is 12.2. The van der Waals surface area contributed by atoms with Gasteiger partial charge in [-0.1, -0.05) is 53.2 Å². The van der Waals surface area contributed by atoms with Crippen LogP contribution in [0.2, 0.25) is 10.0 Å². The van der Waals surface area contributed by atoms with Crippen molar-refractivity contribution in [1.29, 1.82) is 0 Å². The molecule has 2 N–H and O–H groups in total. The van der Waals surface area contributed by atoms with Crippen LogP contribution in [0.4, 0.5) is 11.5 Å². The average Bonchev–Trinajstić information content (AvgIpc) is 2.64. The van der Waals surface area contributed by atoms with E-state index in [1.807, 2.05) is 31.2 Å². The first kappa shape index (κ1) is 18.8. The highest BCUT2D eigenvalue weighted by molar-refractivity contribution is 7.99. The van der Waals surface area contributed by atoms with Crippen LogP contribution in [-0.2, 0) is 4.79 Å². The quantitative estimate of drug-likeness (QED) is 0.440. The molecule has 1 aromatic heterocycles. The number of aromatic nitrogens is 2. The molecule has 0 aliphatic carbocycles. The SMILES string of the molecule is CCNc1nc(SCC(=O)Nc2cccc(Cl)c2Cl)nc2ccccc12. The molecule has 0 atom stereocenters. The Morgan fingerprint density at radius 3 is 2.73 bits per heavy atom. The normalized spacial score (nSPS) is 10.7. The van der Waals surface area contributed by atoms with Crippen LogP contribution in [0, 0.1) is 0 Å². The molecule has 0 aliphatic rings. The molecule has 0 bridgehead atoms. The van der Waals surface area contributed by atoms with Gasteiger partial charge in [0.15, 0.2) is 5.16 Å². The van der Waals surface area contributed by atoms with E-state index in [0.717, 1.165) is 23.3 Å². The zero-order chi connectivity index (χ0) is 18.5. The lowest BCUT2D eigenvalue weighted by atomic mass is 10.2. The van der Waals surface area contributed by atoms with Gasteiger partial charge in [-0.05, 0) is 31.2 Å². The number of halogens is 2. The second kappa shape index (κ2) is 8.58. The summed E-state index contributed by atoms with van der Waals surface area (Å²) in [6.07, 6.45) is 0. The minimum absolute atomic E-state index is 0.159. The Labute approximate surface area is 165 Å². The van der Waals surface area contributed by atoms with Gasteiger partial charge in [0.25, 0.3) is 0 Å². The Hall–Kier alpha value is -2.02. The molecule has 5 nitrogen and oxygen atoms in total. The molecule has 0 radical (unpaired) electrons. The van der Waals surface area contributed by atoms with Crippen LogP contribution in [0.3, 0.4) is 0 Å². The minimum Gasteiger partial charge on any atom is -0.370 e. The summed E-state index contributed by atoms with van der Waals surface area (Å²) in [5, 5.41) is 8.19. The van der Waals surface area contributed by atoms with Crippen molar-refractivity contribution >= 4 is 63.3 Å². The third-order valence-electron chi connectivity index (χ3n) is 3.48. The fourth-order valence-corrected chi connectivity index (χ4v) is 3.34. The first-order chi connectivity index (χ1) is 12.6. The van der Waals surface area contributed by atoms with Gasteiger partial charge in [-0.3, -0.25) is 4.79 Å². The molecule has 1 heterocycles. The maximum Gasteiger partial charge on any atom is 0.234 e. The number of nitrogens with zero attached hydrogens (tertiary/aromatic N) is 2. The number of anilines is 2. The molecule has 2 aromatic carbocycles. The van der Waals surface area contributed by atoms with Crippen LogP contribution in [0.5, 0.6) is 0 Å². The summed E-state index contributed by atoms with van der Waals surface area (Å²) in [4.78, 5) is 21.2. The number of nitrogens with one attached hydrogen (secondary N) is 2. The summed E-state index contributed by atoms with van der Waals surface area (Å²) < 4.78 is 0. The highest BCUT2D eigenvalue weighted by atomic mass is 35.5. The number of fused-ring (bicyclic) bond motifs is 1. The third kappa shape index (κ3) is 4.38. The Kier molecular flexibility index (Phi) is 6.19. The van der Waals surface area contributed by atoms with Crippen LogP contribution < -0.4 is 10.6 Å². The van der Waals surface area contributed by atoms with Crippen molar-refractivity contribution < 1.29 is 4.79 Å². The zero-order valence-corrected chi connectivity index (χ0v) is 16.3. The van der Waals surface area contributed by atoms with E-state index < -0.39 is 0 Å². The molecule has 26 heavy (non-hydrogen) atoms. The molecule has 0 spiro atoms. The predicted octanol–water partition coefficient (Wildman–Crippen LogP) is 5.10. The van der Waals surface area contributed by atoms with E-state index in [1.54, 1.807) is 18.2 Å². The van der Waals surface area contributed by atoms with Crippen molar-refractivity contribution in [1.82, 2.24) is 9.97 Å². The highest BCUT2D eigenvalue weighted by Crippen LogP contribution is 2.30. The summed E-state index contributed by atoms with van der Waals surface area (Å²) in [7, 11) is 0. The molecule has 3 rings (SSSR count). The highest BCUT2D eigenvalue weighted by Gasteiger charge is 2.12. The van der Waals surface area contributed by atoms with Crippen LogP contribution in [-0.4, -0.2) is 28.2 Å². The fraction of sp³-hybridized carbons (Fsp3) is 0.167. The van der Waals surface area contributed by atoms with E-state index in [1.165, 1.54) is 11.8 Å². The van der Waals surface area contributed by atoms with Crippen LogP contribution in [0.15, 0.2) is 47.6 Å². The van der Waals surface area contributed by atoms with Gasteiger partial charge in [0.2, 0.25) is 5.91 Å². The Bertz CT molecular complexity index is 952. The molecule has 0 unspecified atom stereocenters. The van der Waals surface area contributed by atoms with Crippen molar-refractivity contribution in [3.8, 4) is 0 Å². The van der Waals surface area contributed by atoms with E-state index >= 15 is 0 Å². The number of para-hydroxylation sites is 1. The van der Waals surface area contributed by atoms with Gasteiger partial charge in [-0.15, -0.1) is 0 Å². The van der Waals surface area contributed by atoms with E-state index in [9.17, 15) is 4.79 Å². The van der Waals surface area contributed by atoms with Gasteiger partial charge in [0.1, 0.15) is 5.82 Å². The van der Waals surface area contributed by atoms with E-state index in [4.69, 9.17) is 23.2 Å². The average molecular weight is 407 g/mol. The molecular formula is C18H16Cl2N4OS. The number of benzene rings is 2. The third-order valence-corrected chi connectivity index (χ3v) is 5.15. The van der Waals surface area contributed by atoms with Gasteiger partial charge in [-0.2, -0.15) is 0 Å². The molecule has 134 valence electrons. The zero-order valence-electron chi connectivity index (χ0n) is 13.9. The van der Waals surface area contributed by atoms with Crippen LogP contribution in [0.25, 0.3) is 10.9 Å². The fourth-order valence-electron chi connectivity index (χ4n) is 2.34. The number of thioether (sulfide) groups is 1. The Morgan fingerprint density at radius 1 is 1.12 bits per heavy atom. The standard InChI is InChI=1S/C18H16Cl2N4OS/c1-2-21-17-11-6-3-4-8-13(11)23-18(24-17)26-10-15(25)22-14-9-5-7-12(19)16(14)20/h3-9H,2,10H2,1H3,(H,22,25)(H,21,23,24). The number of carbonyl (C=O) groups is 1. The Morgan fingerprint density at radius 2 is 1.92 bits per heavy atom. The van der Waals surface area contributed by atoms with Gasteiger partial charge in [0, 0.05) is 11.9 Å². The summed E-state index contributed by atoms with van der Waals surface area (Å²) >= 11 is 13.3. The molecule has 8 heteroatoms. The van der Waals surface area contributed by atoms with E-state index in [2.05, 4.69) is 20.6 Å². The van der Waals surface area contributed by atoms with E-state index in [-0.39, 0.29) is 11.7 Å². The number of rotatable bonds is 6. The maximum atomic E-state index is 12.2. The summed E-state index contributed by atoms with van der Waals surface area (Å²) in [6.45, 7) is 2.75. The molecule has 3 aromatic rings. The monoisotopic (exact) mass is 406 g/mol. The van der Waals surface area contributed by atoms with E-state index in [0.29, 0.717) is 20.9 Å². The lowest BCUT2D eigenvalue weighted by molar-refractivity contribution is -0.113. The number of hydrogen-bond donors (Lipinski definition) is 2. The number of hydrogen-bond acceptors (Lipinski definition) is 5. The van der Waals surface area contributed by atoms with Gasteiger partial charge in [-0.25, -0.2) is 9.97 Å². The molecule has 0 saturated carbocycles. The predicted molar refractivity (Wildman–Crippen MR) is 110 cm³/mol. The first-order valence-electron chi connectivity index (χ1n) is 7.95. The van der Waals surface area contributed by atoms with Crippen LogP contribution in [0.1, 0.15) is 6.92 Å². The summed E-state index contributed by atoms with van der Waals surface area (Å²) in [6, 6.07) is 12.9. The number of carbonyl (C=O) groups excluding carboxylic acids is 1. The van der Waals surface area contributed by atoms with Crippen molar-refractivity contribution in [2.75, 3.05) is 22.9 Å². The van der Waals surface area contributed by atoms with Gasteiger partial charge < -0.3 is 10.6 Å². The van der Waals surface area contributed by atoms with Gasteiger partial charge >= 0.3 is 0 Å². The molecule has 0 saturated heterocycles. The smallest absolute Gasteiger partial charge is 0.234 e. The minimum atomic E-state index is -0.207. The summed E-state index contributed by atoms with van der Waals surface area (Å²) in [5.74, 6) is 0.715. The topological polar surface area (TPSA) is 66.9 Å². The lowest BCUT2D eigenvalue weighted by Crippen LogP contribution is -2.14. The first-order valence-corrected chi connectivity index (χ1v) is 9.70.